The van der Waals surface area contributed by atoms with Gasteiger partial charge in [-0.05, 0) is 25.2 Å². The number of nitrogens with one attached hydrogen (secondary N) is 1. The third kappa shape index (κ3) is 29.7. The Kier molecular flexibility index (Phi) is 28.7. The first-order valence-electron chi connectivity index (χ1n) is 17.5. The summed E-state index contributed by atoms with van der Waals surface area (Å²) in [4.78, 5) is 36.0. The zero-order valence-electron chi connectivity index (χ0n) is 27.3. The Hall–Kier alpha value is -1.59. The van der Waals surface area contributed by atoms with Gasteiger partial charge in [-0.2, -0.15) is 0 Å². The van der Waals surface area contributed by atoms with Gasteiger partial charge in [0.1, 0.15) is 6.04 Å². The van der Waals surface area contributed by atoms with E-state index in [4.69, 9.17) is 9.84 Å². The highest BCUT2D eigenvalue weighted by molar-refractivity contribution is 5.84. The molecule has 2 N–H and O–H groups in total. The maximum Gasteiger partial charge on any atom is 0.328 e. The van der Waals surface area contributed by atoms with Gasteiger partial charge in [0.2, 0.25) is 5.91 Å². The molecular formula is C35H67NO5. The van der Waals surface area contributed by atoms with Crippen LogP contribution >= 0.6 is 0 Å². The maximum atomic E-state index is 12.5. The second-order valence-corrected chi connectivity index (χ2v) is 12.6. The lowest BCUT2D eigenvalue weighted by Gasteiger charge is -2.17. The van der Waals surface area contributed by atoms with Crippen molar-refractivity contribution in [3.8, 4) is 0 Å². The molecule has 0 saturated heterocycles. The molecule has 0 rings (SSSR count). The highest BCUT2D eigenvalue weighted by Gasteiger charge is 2.23. The van der Waals surface area contributed by atoms with Crippen LogP contribution in [0.5, 0.6) is 0 Å². The summed E-state index contributed by atoms with van der Waals surface area (Å²) in [7, 11) is 0. The Labute approximate surface area is 253 Å². The molecule has 0 heterocycles. The number of esters is 1. The minimum atomic E-state index is -0.979. The Morgan fingerprint density at radius 3 is 1.49 bits per heavy atom. The number of carbonyl (C=O) groups is 3. The summed E-state index contributed by atoms with van der Waals surface area (Å²) in [5.74, 6) is -0.840. The summed E-state index contributed by atoms with van der Waals surface area (Å²) in [6, 6.07) is -0.878. The number of amides is 1. The van der Waals surface area contributed by atoms with Crippen LogP contribution in [0.2, 0.25) is 0 Å². The van der Waals surface area contributed by atoms with Gasteiger partial charge in [-0.3, -0.25) is 9.59 Å². The molecule has 0 bridgehead atoms. The van der Waals surface area contributed by atoms with Crippen molar-refractivity contribution in [1.82, 2.24) is 5.32 Å². The summed E-state index contributed by atoms with van der Waals surface area (Å²) >= 11 is 0. The molecule has 0 unspecified atom stereocenters. The summed E-state index contributed by atoms with van der Waals surface area (Å²) in [5.41, 5.74) is 0. The number of rotatable bonds is 31. The summed E-state index contributed by atoms with van der Waals surface area (Å²) < 4.78 is 5.41. The number of hydrogen-bond donors (Lipinski definition) is 2. The summed E-state index contributed by atoms with van der Waals surface area (Å²) in [6.45, 7) is 7.16. The largest absolute Gasteiger partial charge is 0.481 e. The van der Waals surface area contributed by atoms with Crippen LogP contribution in [-0.4, -0.2) is 35.6 Å². The second-order valence-electron chi connectivity index (χ2n) is 12.6. The molecule has 6 heteroatoms. The van der Waals surface area contributed by atoms with Crippen LogP contribution in [0.15, 0.2) is 0 Å². The van der Waals surface area contributed by atoms with E-state index in [1.807, 2.05) is 0 Å². The molecule has 0 radical (unpaired) electrons. The molecule has 41 heavy (non-hydrogen) atoms. The summed E-state index contributed by atoms with van der Waals surface area (Å²) in [6.07, 6.45) is 28.6. The van der Waals surface area contributed by atoms with Crippen LogP contribution < -0.4 is 5.32 Å². The van der Waals surface area contributed by atoms with Gasteiger partial charge in [-0.25, -0.2) is 4.79 Å². The Bertz CT molecular complexity index is 622. The van der Waals surface area contributed by atoms with Gasteiger partial charge >= 0.3 is 11.9 Å². The summed E-state index contributed by atoms with van der Waals surface area (Å²) in [5, 5.41) is 11.8. The van der Waals surface area contributed by atoms with Crippen molar-refractivity contribution in [2.75, 3.05) is 6.61 Å². The molecule has 6 nitrogen and oxygen atoms in total. The minimum Gasteiger partial charge on any atom is -0.481 e. The monoisotopic (exact) mass is 582 g/mol. The number of carbonyl (C=O) groups excluding carboxylic acids is 2. The Balaban J connectivity index is 3.84. The lowest BCUT2D eigenvalue weighted by Crippen LogP contribution is -2.42. The van der Waals surface area contributed by atoms with Gasteiger partial charge in [0.25, 0.3) is 0 Å². The lowest BCUT2D eigenvalue weighted by atomic mass is 10.0. The smallest absolute Gasteiger partial charge is 0.328 e. The van der Waals surface area contributed by atoms with E-state index in [0.29, 0.717) is 13.0 Å². The van der Waals surface area contributed by atoms with Crippen molar-refractivity contribution in [2.45, 2.75) is 194 Å². The first kappa shape index (κ1) is 39.4. The molecule has 0 aromatic carbocycles. The van der Waals surface area contributed by atoms with Gasteiger partial charge in [0, 0.05) is 12.8 Å². The molecule has 0 aliphatic carbocycles. The number of unbranched alkanes of at least 4 members (excludes halogenated alkanes) is 20. The molecule has 0 saturated carbocycles. The van der Waals surface area contributed by atoms with Crippen LogP contribution in [0.4, 0.5) is 0 Å². The van der Waals surface area contributed by atoms with Gasteiger partial charge < -0.3 is 15.2 Å². The predicted octanol–water partition coefficient (Wildman–Crippen LogP) is 9.92. The van der Waals surface area contributed by atoms with Crippen molar-refractivity contribution >= 4 is 17.8 Å². The Morgan fingerprint density at radius 1 is 0.585 bits per heavy atom. The number of carboxylic acid groups (broad SMARTS) is 1. The average molecular weight is 582 g/mol. The number of ether oxygens (including phenoxy) is 1. The van der Waals surface area contributed by atoms with E-state index in [0.717, 1.165) is 44.4 Å². The van der Waals surface area contributed by atoms with E-state index in [-0.39, 0.29) is 18.7 Å². The van der Waals surface area contributed by atoms with Crippen LogP contribution in [0.1, 0.15) is 188 Å². The predicted molar refractivity (Wildman–Crippen MR) is 171 cm³/mol. The van der Waals surface area contributed by atoms with E-state index in [1.165, 1.54) is 109 Å². The first-order valence-corrected chi connectivity index (χ1v) is 17.5. The third-order valence-electron chi connectivity index (χ3n) is 7.94. The van der Waals surface area contributed by atoms with Crippen LogP contribution in [-0.2, 0) is 19.1 Å². The molecule has 0 aromatic rings. The van der Waals surface area contributed by atoms with Crippen LogP contribution in [0.25, 0.3) is 0 Å². The lowest BCUT2D eigenvalue weighted by molar-refractivity contribution is -0.148. The molecule has 0 fully saturated rings. The number of hydrogen-bond acceptors (Lipinski definition) is 4. The normalized spacial score (nSPS) is 12.0. The van der Waals surface area contributed by atoms with Crippen LogP contribution in [0.3, 0.4) is 0 Å². The van der Waals surface area contributed by atoms with E-state index in [9.17, 15) is 14.4 Å². The second kappa shape index (κ2) is 29.9. The fraction of sp³-hybridized carbons (Fsp3) is 0.914. The maximum absolute atomic E-state index is 12.5. The average Bonchev–Trinajstić information content (AvgIpc) is 2.93. The molecule has 0 aliphatic rings. The fourth-order valence-electron chi connectivity index (χ4n) is 5.25. The van der Waals surface area contributed by atoms with E-state index in [2.05, 4.69) is 26.1 Å². The minimum absolute atomic E-state index is 0.0653. The molecule has 0 spiro atoms. The molecule has 0 aliphatic heterocycles. The highest BCUT2D eigenvalue weighted by atomic mass is 16.5. The van der Waals surface area contributed by atoms with Crippen molar-refractivity contribution in [3.63, 3.8) is 0 Å². The molecule has 1 atom stereocenters. The van der Waals surface area contributed by atoms with Gasteiger partial charge in [0.05, 0.1) is 6.61 Å². The fourth-order valence-corrected chi connectivity index (χ4v) is 5.25. The zero-order valence-corrected chi connectivity index (χ0v) is 27.3. The van der Waals surface area contributed by atoms with Gasteiger partial charge in [0.15, 0.2) is 0 Å². The van der Waals surface area contributed by atoms with Crippen molar-refractivity contribution in [1.29, 1.82) is 0 Å². The van der Waals surface area contributed by atoms with Crippen molar-refractivity contribution < 1.29 is 24.2 Å². The number of carboxylic acids is 1. The van der Waals surface area contributed by atoms with Gasteiger partial charge in [-0.1, -0.05) is 156 Å². The van der Waals surface area contributed by atoms with Crippen molar-refractivity contribution in [3.05, 3.63) is 0 Å². The molecule has 1 amide bonds. The molecular weight excluding hydrogens is 514 g/mol. The highest BCUT2D eigenvalue weighted by Crippen LogP contribution is 2.15. The third-order valence-corrected chi connectivity index (χ3v) is 7.94. The van der Waals surface area contributed by atoms with Gasteiger partial charge in [-0.15, -0.1) is 0 Å². The number of aliphatic carboxylic acids is 1. The molecule has 242 valence electrons. The first-order chi connectivity index (χ1) is 19.9. The van der Waals surface area contributed by atoms with E-state index >= 15 is 0 Å². The molecule has 0 aromatic heterocycles. The zero-order chi connectivity index (χ0) is 30.4. The van der Waals surface area contributed by atoms with E-state index in [1.54, 1.807) is 0 Å². The quantitative estimate of drug-likeness (QED) is 0.0628. The SMILES string of the molecule is CCCCCCCCCCCC(=O)N[C@@H](CCC(=O)O)C(=O)OCCCCCCCCCCCCCCCC(C)C. The topological polar surface area (TPSA) is 92.7 Å². The standard InChI is InChI=1S/C35H67NO5/c1-4-5-6-7-8-14-18-21-24-27-33(37)36-32(28-29-34(38)39)35(40)41-30-25-22-19-16-13-11-9-10-12-15-17-20-23-26-31(2)3/h31-32H,4-30H2,1-3H3,(H,36,37)(H,38,39)/t32-/m0/s1. The Morgan fingerprint density at radius 2 is 1.02 bits per heavy atom. The van der Waals surface area contributed by atoms with E-state index < -0.39 is 18.0 Å². The van der Waals surface area contributed by atoms with Crippen molar-refractivity contribution in [2.24, 2.45) is 5.92 Å². The van der Waals surface area contributed by atoms with Crippen LogP contribution in [0, 0.1) is 5.92 Å².